The number of hydrogen-bond donors (Lipinski definition) is 1. The number of hydrogen-bond acceptors (Lipinski definition) is 6. The predicted octanol–water partition coefficient (Wildman–Crippen LogP) is 4.97. The molecule has 33 heavy (non-hydrogen) atoms. The van der Waals surface area contributed by atoms with E-state index in [1.54, 1.807) is 29.2 Å². The molecule has 2 heterocycles. The lowest BCUT2D eigenvalue weighted by Gasteiger charge is -2.31. The number of amides is 2. The molecule has 172 valence electrons. The molecule has 1 aromatic carbocycles. The van der Waals surface area contributed by atoms with Gasteiger partial charge in [0.25, 0.3) is 0 Å². The number of methoxy groups -OCH3 is 1. The first-order chi connectivity index (χ1) is 16.1. The van der Waals surface area contributed by atoms with Gasteiger partial charge in [0.15, 0.2) is 0 Å². The molecule has 1 aliphatic carbocycles. The van der Waals surface area contributed by atoms with Crippen molar-refractivity contribution in [3.8, 4) is 0 Å². The summed E-state index contributed by atoms with van der Waals surface area (Å²) in [7, 11) is 1.33. The van der Waals surface area contributed by atoms with Gasteiger partial charge in [-0.2, -0.15) is 0 Å². The van der Waals surface area contributed by atoms with Crippen LogP contribution in [0, 0.1) is 0 Å². The summed E-state index contributed by atoms with van der Waals surface area (Å²) in [6.45, 7) is 0. The van der Waals surface area contributed by atoms with Crippen LogP contribution < -0.4 is 10.2 Å². The molecule has 6 nitrogen and oxygen atoms in total. The number of benzene rings is 1. The fourth-order valence-electron chi connectivity index (χ4n) is 4.13. The largest absolute Gasteiger partial charge is 0.465 e. The van der Waals surface area contributed by atoms with E-state index in [4.69, 9.17) is 4.74 Å². The van der Waals surface area contributed by atoms with Gasteiger partial charge in [-0.25, -0.2) is 4.79 Å². The van der Waals surface area contributed by atoms with Crippen molar-refractivity contribution in [1.82, 2.24) is 5.32 Å². The third kappa shape index (κ3) is 5.51. The van der Waals surface area contributed by atoms with Crippen molar-refractivity contribution >= 4 is 46.1 Å². The van der Waals surface area contributed by atoms with Crippen LogP contribution in [-0.2, 0) is 20.7 Å². The quantitative estimate of drug-likeness (QED) is 0.460. The van der Waals surface area contributed by atoms with Crippen molar-refractivity contribution in [2.45, 2.75) is 44.2 Å². The van der Waals surface area contributed by atoms with Gasteiger partial charge in [0.1, 0.15) is 6.04 Å². The Morgan fingerprint density at radius 3 is 2.33 bits per heavy atom. The van der Waals surface area contributed by atoms with Gasteiger partial charge in [0.2, 0.25) is 11.8 Å². The number of rotatable bonds is 8. The molecule has 1 aliphatic rings. The molecule has 8 heteroatoms. The zero-order chi connectivity index (χ0) is 23.2. The summed E-state index contributed by atoms with van der Waals surface area (Å²) in [5.41, 5.74) is 0.944. The van der Waals surface area contributed by atoms with Gasteiger partial charge in [0.05, 0.1) is 19.1 Å². The van der Waals surface area contributed by atoms with Crippen LogP contribution in [0.25, 0.3) is 0 Å². The molecule has 1 saturated carbocycles. The fraction of sp³-hybridized carbons (Fsp3) is 0.320. The molecule has 0 spiro atoms. The number of nitrogens with zero attached hydrogens (tertiary/aromatic N) is 1. The Morgan fingerprint density at radius 1 is 1.03 bits per heavy atom. The molecule has 0 saturated heterocycles. The molecule has 0 bridgehead atoms. The third-order valence-corrected chi connectivity index (χ3v) is 7.56. The van der Waals surface area contributed by atoms with Crippen molar-refractivity contribution in [2.75, 3.05) is 12.0 Å². The molecule has 2 amide bonds. The van der Waals surface area contributed by atoms with Crippen LogP contribution in [0.3, 0.4) is 0 Å². The topological polar surface area (TPSA) is 75.7 Å². The van der Waals surface area contributed by atoms with Crippen molar-refractivity contribution in [1.29, 1.82) is 0 Å². The second-order valence-electron chi connectivity index (χ2n) is 7.97. The average Bonchev–Trinajstić information content (AvgIpc) is 3.61. The Bertz CT molecular complexity index is 1070. The Kier molecular flexibility index (Phi) is 7.57. The van der Waals surface area contributed by atoms with E-state index >= 15 is 0 Å². The molecule has 1 fully saturated rings. The summed E-state index contributed by atoms with van der Waals surface area (Å²) < 4.78 is 4.79. The number of esters is 1. The van der Waals surface area contributed by atoms with Gasteiger partial charge < -0.3 is 10.1 Å². The molecule has 1 unspecified atom stereocenters. The maximum atomic E-state index is 13.6. The minimum absolute atomic E-state index is 0.135. The summed E-state index contributed by atoms with van der Waals surface area (Å²) in [6.07, 6.45) is 4.31. The Balaban J connectivity index is 1.71. The number of carbonyl (C=O) groups excluding carboxylic acids is 3. The van der Waals surface area contributed by atoms with Crippen LogP contribution in [0.1, 0.15) is 51.8 Å². The van der Waals surface area contributed by atoms with Gasteiger partial charge >= 0.3 is 5.97 Å². The Labute approximate surface area is 201 Å². The lowest BCUT2D eigenvalue weighted by Crippen LogP contribution is -2.46. The van der Waals surface area contributed by atoms with E-state index in [-0.39, 0.29) is 24.3 Å². The minimum atomic E-state index is -0.790. The minimum Gasteiger partial charge on any atom is -0.465 e. The van der Waals surface area contributed by atoms with E-state index in [2.05, 4.69) is 5.32 Å². The first-order valence-electron chi connectivity index (χ1n) is 10.9. The predicted molar refractivity (Wildman–Crippen MR) is 131 cm³/mol. The number of anilines is 1. The normalized spacial score (nSPS) is 14.6. The molecule has 0 aliphatic heterocycles. The van der Waals surface area contributed by atoms with E-state index in [9.17, 15) is 14.4 Å². The van der Waals surface area contributed by atoms with E-state index < -0.39 is 12.0 Å². The van der Waals surface area contributed by atoms with Gasteiger partial charge in [0, 0.05) is 21.5 Å². The standard InChI is InChI=1S/C25H26N2O4S2/c1-31-25(30)17-10-12-19(13-11-17)27(22(28)16-20-8-4-14-32-20)23(21-9-5-15-33-21)24(29)26-18-6-2-3-7-18/h4-5,8-15,18,23H,2-3,6-7,16H2,1H3,(H,26,29). The molecule has 3 aromatic rings. The lowest BCUT2D eigenvalue weighted by molar-refractivity contribution is -0.126. The molecular formula is C25H26N2O4S2. The highest BCUT2D eigenvalue weighted by Gasteiger charge is 2.35. The number of nitrogens with one attached hydrogen (secondary N) is 1. The summed E-state index contributed by atoms with van der Waals surface area (Å²) in [6, 6.07) is 13.6. The maximum Gasteiger partial charge on any atom is 0.337 e. The van der Waals surface area contributed by atoms with Crippen molar-refractivity contribution in [2.24, 2.45) is 0 Å². The molecule has 1 atom stereocenters. The van der Waals surface area contributed by atoms with Gasteiger partial charge in [-0.1, -0.05) is 25.0 Å². The van der Waals surface area contributed by atoms with Crippen LogP contribution in [0.2, 0.25) is 0 Å². The number of ether oxygens (including phenoxy) is 1. The van der Waals surface area contributed by atoms with E-state index in [1.165, 1.54) is 29.8 Å². The highest BCUT2D eigenvalue weighted by atomic mass is 32.1. The van der Waals surface area contributed by atoms with Crippen LogP contribution in [0.5, 0.6) is 0 Å². The van der Waals surface area contributed by atoms with E-state index in [1.807, 2.05) is 35.0 Å². The summed E-state index contributed by atoms with van der Waals surface area (Å²) in [5.74, 6) is -0.809. The molecule has 2 aromatic heterocycles. The smallest absolute Gasteiger partial charge is 0.337 e. The molecular weight excluding hydrogens is 456 g/mol. The second-order valence-corrected chi connectivity index (χ2v) is 9.98. The van der Waals surface area contributed by atoms with Crippen molar-refractivity contribution in [3.05, 3.63) is 74.6 Å². The molecule has 4 rings (SSSR count). The van der Waals surface area contributed by atoms with Crippen LogP contribution in [0.4, 0.5) is 5.69 Å². The Morgan fingerprint density at radius 2 is 1.73 bits per heavy atom. The first-order valence-corrected chi connectivity index (χ1v) is 12.7. The maximum absolute atomic E-state index is 13.6. The monoisotopic (exact) mass is 482 g/mol. The van der Waals surface area contributed by atoms with Crippen molar-refractivity contribution < 1.29 is 19.1 Å². The molecule has 0 radical (unpaired) electrons. The first kappa shape index (κ1) is 23.2. The van der Waals surface area contributed by atoms with Crippen molar-refractivity contribution in [3.63, 3.8) is 0 Å². The summed E-state index contributed by atoms with van der Waals surface area (Å²) in [4.78, 5) is 42.4. The van der Waals surface area contributed by atoms with Crippen LogP contribution in [0.15, 0.2) is 59.3 Å². The van der Waals surface area contributed by atoms with E-state index in [0.717, 1.165) is 35.4 Å². The van der Waals surface area contributed by atoms with Crippen LogP contribution >= 0.6 is 22.7 Å². The van der Waals surface area contributed by atoms with Gasteiger partial charge in [-0.3, -0.25) is 14.5 Å². The Hall–Kier alpha value is -2.97. The number of carbonyl (C=O) groups is 3. The third-order valence-electron chi connectivity index (χ3n) is 5.76. The zero-order valence-corrected chi connectivity index (χ0v) is 20.0. The number of thiophene rings is 2. The SMILES string of the molecule is COC(=O)c1ccc(N(C(=O)Cc2cccs2)C(C(=O)NC2CCCC2)c2cccs2)cc1. The summed E-state index contributed by atoms with van der Waals surface area (Å²) >= 11 is 2.96. The fourth-order valence-corrected chi connectivity index (χ4v) is 5.64. The second kappa shape index (κ2) is 10.8. The average molecular weight is 483 g/mol. The molecule has 1 N–H and O–H groups in total. The van der Waals surface area contributed by atoms with Crippen LogP contribution in [-0.4, -0.2) is 30.9 Å². The highest BCUT2D eigenvalue weighted by molar-refractivity contribution is 7.10. The van der Waals surface area contributed by atoms with Gasteiger partial charge in [-0.05, 0) is 60.0 Å². The van der Waals surface area contributed by atoms with Gasteiger partial charge in [-0.15, -0.1) is 22.7 Å². The zero-order valence-electron chi connectivity index (χ0n) is 18.4. The lowest BCUT2D eigenvalue weighted by atomic mass is 10.1. The highest BCUT2D eigenvalue weighted by Crippen LogP contribution is 2.33. The van der Waals surface area contributed by atoms with E-state index in [0.29, 0.717) is 11.3 Å². The summed E-state index contributed by atoms with van der Waals surface area (Å²) in [5, 5.41) is 7.01.